The standard InChI is InChI=1S/C16H15NO3/c1-8-9(2)19-14-7-15-13(6-12(8)14)10-4-3-5-11(10)16(17-18)20-15/h6-7,18H,3-5H2,1-2H3. The Morgan fingerprint density at radius 3 is 2.55 bits per heavy atom. The van der Waals surface area contributed by atoms with Crippen LogP contribution in [0.2, 0.25) is 0 Å². The van der Waals surface area contributed by atoms with Crippen LogP contribution in [-0.2, 0) is 12.8 Å². The molecular formula is C16H15NO3. The van der Waals surface area contributed by atoms with Gasteiger partial charge in [0.25, 0.3) is 5.55 Å². The van der Waals surface area contributed by atoms with Crippen LogP contribution in [0.4, 0.5) is 0 Å². The van der Waals surface area contributed by atoms with Crippen LogP contribution < -0.4 is 5.55 Å². The first-order valence-electron chi connectivity index (χ1n) is 6.85. The first-order valence-corrected chi connectivity index (χ1v) is 6.85. The molecule has 2 heterocycles. The minimum absolute atomic E-state index is 0.337. The largest absolute Gasteiger partial charge is 0.461 e. The molecule has 0 aliphatic heterocycles. The van der Waals surface area contributed by atoms with Crippen molar-refractivity contribution in [3.63, 3.8) is 0 Å². The lowest BCUT2D eigenvalue weighted by Gasteiger charge is -2.05. The zero-order chi connectivity index (χ0) is 13.9. The monoisotopic (exact) mass is 269 g/mol. The maximum atomic E-state index is 9.13. The van der Waals surface area contributed by atoms with Crippen LogP contribution >= 0.6 is 0 Å². The molecule has 0 saturated carbocycles. The zero-order valence-electron chi connectivity index (χ0n) is 11.5. The van der Waals surface area contributed by atoms with E-state index in [1.54, 1.807) is 0 Å². The number of rotatable bonds is 0. The van der Waals surface area contributed by atoms with Gasteiger partial charge in [0, 0.05) is 22.4 Å². The summed E-state index contributed by atoms with van der Waals surface area (Å²) < 4.78 is 11.5. The molecule has 1 aliphatic carbocycles. The number of furan rings is 1. The topological polar surface area (TPSA) is 58.9 Å². The number of fused-ring (bicyclic) bond motifs is 4. The van der Waals surface area contributed by atoms with Crippen LogP contribution in [0.5, 0.6) is 0 Å². The van der Waals surface area contributed by atoms with Gasteiger partial charge in [0.05, 0.1) is 0 Å². The first-order chi connectivity index (χ1) is 9.69. The van der Waals surface area contributed by atoms with E-state index in [4.69, 9.17) is 14.0 Å². The average molecular weight is 269 g/mol. The zero-order valence-corrected chi connectivity index (χ0v) is 11.5. The van der Waals surface area contributed by atoms with Crippen LogP contribution in [0.25, 0.3) is 21.9 Å². The predicted octanol–water partition coefficient (Wildman–Crippen LogP) is 3.57. The summed E-state index contributed by atoms with van der Waals surface area (Å²) in [5.41, 5.74) is 5.34. The van der Waals surface area contributed by atoms with Crippen LogP contribution in [-0.4, -0.2) is 5.21 Å². The normalized spacial score (nSPS) is 15.4. The lowest BCUT2D eigenvalue weighted by Crippen LogP contribution is -2.09. The number of benzene rings is 1. The number of hydrogen-bond acceptors (Lipinski definition) is 4. The van der Waals surface area contributed by atoms with Gasteiger partial charge in [-0.1, -0.05) is 0 Å². The van der Waals surface area contributed by atoms with E-state index in [1.807, 2.05) is 13.0 Å². The van der Waals surface area contributed by atoms with Gasteiger partial charge in [-0.25, -0.2) is 0 Å². The van der Waals surface area contributed by atoms with Crippen molar-refractivity contribution < 1.29 is 14.0 Å². The molecule has 0 unspecified atom stereocenters. The van der Waals surface area contributed by atoms with Crippen molar-refractivity contribution in [2.75, 3.05) is 0 Å². The Hall–Kier alpha value is -2.23. The highest BCUT2D eigenvalue weighted by atomic mass is 16.5. The van der Waals surface area contributed by atoms with Crippen LogP contribution in [0.3, 0.4) is 0 Å². The Kier molecular flexibility index (Phi) is 2.25. The summed E-state index contributed by atoms with van der Waals surface area (Å²) in [6.07, 6.45) is 3.00. The lowest BCUT2D eigenvalue weighted by molar-refractivity contribution is 0.275. The highest BCUT2D eigenvalue weighted by Gasteiger charge is 2.20. The van der Waals surface area contributed by atoms with Crippen molar-refractivity contribution in [3.05, 3.63) is 40.1 Å². The fourth-order valence-electron chi connectivity index (χ4n) is 3.21. The van der Waals surface area contributed by atoms with Crippen molar-refractivity contribution in [1.82, 2.24) is 0 Å². The van der Waals surface area contributed by atoms with E-state index >= 15 is 0 Å². The minimum atomic E-state index is 0.337. The van der Waals surface area contributed by atoms with Crippen molar-refractivity contribution in [1.29, 1.82) is 0 Å². The molecule has 1 aromatic carbocycles. The van der Waals surface area contributed by atoms with Gasteiger partial charge >= 0.3 is 0 Å². The third kappa shape index (κ3) is 1.39. The van der Waals surface area contributed by atoms with Crippen molar-refractivity contribution >= 4 is 21.9 Å². The molecule has 0 radical (unpaired) electrons. The maximum absolute atomic E-state index is 9.13. The van der Waals surface area contributed by atoms with Crippen molar-refractivity contribution in [3.8, 4) is 0 Å². The highest BCUT2D eigenvalue weighted by Crippen LogP contribution is 2.33. The summed E-state index contributed by atoms with van der Waals surface area (Å²) in [6, 6.07) is 4.04. The van der Waals surface area contributed by atoms with E-state index in [-0.39, 0.29) is 0 Å². The quantitative estimate of drug-likeness (QED) is 0.501. The van der Waals surface area contributed by atoms with E-state index in [0.29, 0.717) is 5.55 Å². The Morgan fingerprint density at radius 1 is 1.00 bits per heavy atom. The van der Waals surface area contributed by atoms with Crippen LogP contribution in [0.1, 0.15) is 28.9 Å². The second-order valence-electron chi connectivity index (χ2n) is 5.45. The molecule has 0 fully saturated rings. The number of nitrogens with zero attached hydrogens (tertiary/aromatic N) is 1. The molecule has 2 aromatic heterocycles. The molecule has 0 saturated heterocycles. The number of aryl methyl sites for hydroxylation is 3. The minimum Gasteiger partial charge on any atom is -0.461 e. The molecule has 4 nitrogen and oxygen atoms in total. The predicted molar refractivity (Wildman–Crippen MR) is 74.8 cm³/mol. The lowest BCUT2D eigenvalue weighted by atomic mass is 10.0. The van der Waals surface area contributed by atoms with Gasteiger partial charge in [0.1, 0.15) is 16.9 Å². The Labute approximate surface area is 115 Å². The Morgan fingerprint density at radius 2 is 1.75 bits per heavy atom. The molecule has 0 spiro atoms. The maximum Gasteiger partial charge on any atom is 0.259 e. The summed E-state index contributed by atoms with van der Waals surface area (Å²) >= 11 is 0. The molecule has 0 bridgehead atoms. The van der Waals surface area contributed by atoms with Gasteiger partial charge in [-0.2, -0.15) is 0 Å². The van der Waals surface area contributed by atoms with E-state index in [0.717, 1.165) is 52.5 Å². The van der Waals surface area contributed by atoms with E-state index in [2.05, 4.69) is 18.1 Å². The molecule has 0 amide bonds. The van der Waals surface area contributed by atoms with Crippen LogP contribution in [0, 0.1) is 13.8 Å². The average Bonchev–Trinajstić information content (AvgIpc) is 3.03. The fourth-order valence-corrected chi connectivity index (χ4v) is 3.21. The smallest absolute Gasteiger partial charge is 0.259 e. The number of hydrogen-bond donors (Lipinski definition) is 1. The molecule has 1 N–H and O–H groups in total. The van der Waals surface area contributed by atoms with Gasteiger partial charge < -0.3 is 14.0 Å². The molecular weight excluding hydrogens is 254 g/mol. The van der Waals surface area contributed by atoms with Gasteiger partial charge in [0.2, 0.25) is 0 Å². The van der Waals surface area contributed by atoms with E-state index in [1.165, 1.54) is 11.1 Å². The third-order valence-electron chi connectivity index (χ3n) is 4.38. The summed E-state index contributed by atoms with van der Waals surface area (Å²) in [6.45, 7) is 4.04. The fraction of sp³-hybridized carbons (Fsp3) is 0.312. The molecule has 1 aliphatic rings. The van der Waals surface area contributed by atoms with Crippen LogP contribution in [0.15, 0.2) is 26.1 Å². The molecule has 4 rings (SSSR count). The second-order valence-corrected chi connectivity index (χ2v) is 5.45. The second kappa shape index (κ2) is 3.88. The van der Waals surface area contributed by atoms with Gasteiger partial charge in [-0.3, -0.25) is 0 Å². The highest BCUT2D eigenvalue weighted by molar-refractivity contribution is 5.97. The molecule has 20 heavy (non-hydrogen) atoms. The summed E-state index contributed by atoms with van der Waals surface area (Å²) in [5.74, 6) is 0.930. The molecule has 102 valence electrons. The van der Waals surface area contributed by atoms with E-state index in [9.17, 15) is 0 Å². The summed E-state index contributed by atoms with van der Waals surface area (Å²) in [7, 11) is 0. The van der Waals surface area contributed by atoms with E-state index < -0.39 is 0 Å². The van der Waals surface area contributed by atoms with Gasteiger partial charge in [-0.15, -0.1) is 0 Å². The van der Waals surface area contributed by atoms with Crippen molar-refractivity contribution in [2.24, 2.45) is 5.16 Å². The Bertz CT molecular complexity index is 915. The van der Waals surface area contributed by atoms with Gasteiger partial charge in [-0.05, 0) is 55.5 Å². The summed E-state index contributed by atoms with van der Waals surface area (Å²) in [4.78, 5) is 0. The third-order valence-corrected chi connectivity index (χ3v) is 4.38. The first kappa shape index (κ1) is 11.6. The molecule has 0 atom stereocenters. The van der Waals surface area contributed by atoms with Crippen molar-refractivity contribution in [2.45, 2.75) is 33.1 Å². The SMILES string of the molecule is Cc1oc2cc3oc(=NO)c4c(c3cc2c1C)CCC4. The van der Waals surface area contributed by atoms with Gasteiger partial charge in [0.15, 0.2) is 0 Å². The molecule has 3 aromatic rings. The summed E-state index contributed by atoms with van der Waals surface area (Å²) in [5, 5.41) is 14.7. The molecule has 4 heteroatoms. The Balaban J connectivity index is 2.21.